The van der Waals surface area contributed by atoms with Crippen LogP contribution < -0.4 is 10.0 Å². The van der Waals surface area contributed by atoms with Gasteiger partial charge in [0.05, 0.1) is 19.8 Å². The first-order valence-corrected chi connectivity index (χ1v) is 12.3. The van der Waals surface area contributed by atoms with E-state index in [2.05, 4.69) is 10.2 Å². The molecule has 0 bridgehead atoms. The third-order valence-corrected chi connectivity index (χ3v) is 7.03. The zero-order valence-corrected chi connectivity index (χ0v) is 19.3. The molecule has 1 aromatic rings. The standard InChI is InChI=1S/C21H30N4O8S/c22-12-16(34(30,31)24-18-20(28)19(27)17(13-26)33-21(18)29)11-14-1-3-15(4-2-14)23-5-6-25-7-9-32-10-8-25/h1-4,11,17-21,23-24,26-29H,5-10,13H2. The van der Waals surface area contributed by atoms with Gasteiger partial charge >= 0.3 is 0 Å². The van der Waals surface area contributed by atoms with Crippen LogP contribution in [0.4, 0.5) is 5.69 Å². The Labute approximate surface area is 198 Å². The third kappa shape index (κ3) is 6.72. The van der Waals surface area contributed by atoms with Gasteiger partial charge in [-0.25, -0.2) is 8.42 Å². The second-order valence-corrected chi connectivity index (χ2v) is 9.68. The van der Waals surface area contributed by atoms with Crippen LogP contribution in [0.1, 0.15) is 5.56 Å². The van der Waals surface area contributed by atoms with Crippen molar-refractivity contribution in [3.8, 4) is 6.07 Å². The number of hydrogen-bond donors (Lipinski definition) is 6. The third-order valence-electron chi connectivity index (χ3n) is 5.66. The van der Waals surface area contributed by atoms with Crippen LogP contribution >= 0.6 is 0 Å². The number of aliphatic hydroxyl groups is 4. The molecular formula is C21H30N4O8S. The molecule has 0 aliphatic carbocycles. The summed E-state index contributed by atoms with van der Waals surface area (Å²) in [4.78, 5) is 1.64. The van der Waals surface area contributed by atoms with E-state index in [0.29, 0.717) is 5.56 Å². The largest absolute Gasteiger partial charge is 0.394 e. The van der Waals surface area contributed by atoms with Crippen molar-refractivity contribution < 1.29 is 38.3 Å². The summed E-state index contributed by atoms with van der Waals surface area (Å²) in [7, 11) is -4.48. The lowest BCUT2D eigenvalue weighted by atomic mass is 9.98. The van der Waals surface area contributed by atoms with E-state index in [0.717, 1.165) is 51.2 Å². The average Bonchev–Trinajstić information content (AvgIpc) is 2.84. The van der Waals surface area contributed by atoms with Gasteiger partial charge in [0.15, 0.2) is 11.2 Å². The van der Waals surface area contributed by atoms with Crippen LogP contribution in [0.2, 0.25) is 0 Å². The van der Waals surface area contributed by atoms with Crippen molar-refractivity contribution in [3.63, 3.8) is 0 Å². The highest BCUT2D eigenvalue weighted by Crippen LogP contribution is 2.22. The van der Waals surface area contributed by atoms with Gasteiger partial charge in [-0.2, -0.15) is 9.98 Å². The number of nitrogens with zero attached hydrogens (tertiary/aromatic N) is 2. The maximum atomic E-state index is 12.7. The summed E-state index contributed by atoms with van der Waals surface area (Å²) in [6.45, 7) is 4.17. The Balaban J connectivity index is 1.62. The Bertz CT molecular complexity index is 975. The van der Waals surface area contributed by atoms with E-state index in [1.54, 1.807) is 30.3 Å². The first-order chi connectivity index (χ1) is 16.2. The van der Waals surface area contributed by atoms with Gasteiger partial charge in [0, 0.05) is 31.9 Å². The van der Waals surface area contributed by atoms with Gasteiger partial charge in [0.25, 0.3) is 10.0 Å². The molecule has 0 spiro atoms. The molecule has 3 rings (SSSR count). The van der Waals surface area contributed by atoms with Crippen molar-refractivity contribution in [2.75, 3.05) is 51.3 Å². The molecule has 188 valence electrons. The number of morpholine rings is 1. The summed E-state index contributed by atoms with van der Waals surface area (Å²) in [5.74, 6) is 0. The summed E-state index contributed by atoms with van der Waals surface area (Å²) >= 11 is 0. The van der Waals surface area contributed by atoms with Crippen molar-refractivity contribution in [1.82, 2.24) is 9.62 Å². The molecule has 0 aromatic heterocycles. The molecule has 2 aliphatic rings. The van der Waals surface area contributed by atoms with Gasteiger partial charge in [-0.05, 0) is 23.8 Å². The number of ether oxygens (including phenoxy) is 2. The van der Waals surface area contributed by atoms with E-state index >= 15 is 0 Å². The quantitative estimate of drug-likeness (QED) is 0.207. The monoisotopic (exact) mass is 498 g/mol. The summed E-state index contributed by atoms with van der Waals surface area (Å²) in [5, 5.41) is 51.9. The van der Waals surface area contributed by atoms with Crippen LogP contribution in [0, 0.1) is 11.3 Å². The molecule has 0 saturated carbocycles. The van der Waals surface area contributed by atoms with E-state index < -0.39 is 52.2 Å². The van der Waals surface area contributed by atoms with E-state index in [4.69, 9.17) is 14.6 Å². The van der Waals surface area contributed by atoms with Crippen LogP contribution in [0.3, 0.4) is 0 Å². The SMILES string of the molecule is N#CC(=Cc1ccc(NCCN2CCOCC2)cc1)S(=O)(=O)NC1C(O)OC(CO)C(O)C1O. The fraction of sp³-hybridized carbons (Fsp3) is 0.571. The van der Waals surface area contributed by atoms with Crippen molar-refractivity contribution in [2.24, 2.45) is 0 Å². The summed E-state index contributed by atoms with van der Waals surface area (Å²) in [5.41, 5.74) is 1.28. The Morgan fingerprint density at radius 3 is 2.47 bits per heavy atom. The van der Waals surface area contributed by atoms with Crippen LogP contribution in [0.15, 0.2) is 29.2 Å². The molecule has 2 fully saturated rings. The number of sulfonamides is 1. The maximum Gasteiger partial charge on any atom is 0.251 e. The Morgan fingerprint density at radius 2 is 1.85 bits per heavy atom. The molecule has 5 unspecified atom stereocenters. The van der Waals surface area contributed by atoms with Crippen LogP contribution in [0.25, 0.3) is 6.08 Å². The van der Waals surface area contributed by atoms with Gasteiger partial charge < -0.3 is 35.2 Å². The zero-order chi connectivity index (χ0) is 24.7. The Morgan fingerprint density at radius 1 is 1.18 bits per heavy atom. The number of nitrogens with one attached hydrogen (secondary N) is 2. The number of rotatable bonds is 9. The highest BCUT2D eigenvalue weighted by molar-refractivity contribution is 7.93. The lowest BCUT2D eigenvalue weighted by Crippen LogP contribution is -2.64. The molecule has 12 nitrogen and oxygen atoms in total. The minimum absolute atomic E-state index is 0.446. The number of anilines is 1. The molecule has 5 atom stereocenters. The second-order valence-electron chi connectivity index (χ2n) is 8.00. The highest BCUT2D eigenvalue weighted by atomic mass is 32.2. The second kappa shape index (κ2) is 12.0. The van der Waals surface area contributed by atoms with E-state index in [9.17, 15) is 29.0 Å². The molecule has 2 aliphatic heterocycles. The van der Waals surface area contributed by atoms with Gasteiger partial charge in [-0.3, -0.25) is 4.90 Å². The maximum absolute atomic E-state index is 12.7. The van der Waals surface area contributed by atoms with Crippen LogP contribution in [0.5, 0.6) is 0 Å². The topological polar surface area (TPSA) is 185 Å². The minimum atomic E-state index is -4.48. The number of allylic oxidation sites excluding steroid dienone is 1. The van der Waals surface area contributed by atoms with Crippen molar-refractivity contribution >= 4 is 21.8 Å². The summed E-state index contributed by atoms with van der Waals surface area (Å²) in [6.07, 6.45) is -5.38. The Hall–Kier alpha value is -2.12. The van der Waals surface area contributed by atoms with Gasteiger partial charge in [0.2, 0.25) is 0 Å². The molecule has 34 heavy (non-hydrogen) atoms. The molecule has 0 radical (unpaired) electrons. The predicted octanol–water partition coefficient (Wildman–Crippen LogP) is -1.99. The molecule has 1 aromatic carbocycles. The predicted molar refractivity (Wildman–Crippen MR) is 122 cm³/mol. The number of benzene rings is 1. The molecule has 6 N–H and O–H groups in total. The van der Waals surface area contributed by atoms with E-state index in [1.807, 2.05) is 4.72 Å². The van der Waals surface area contributed by atoms with Crippen LogP contribution in [-0.4, -0.2) is 110 Å². The Kier molecular flexibility index (Phi) is 9.37. The van der Waals surface area contributed by atoms with Gasteiger partial charge in [-0.15, -0.1) is 0 Å². The lowest BCUT2D eigenvalue weighted by molar-refractivity contribution is -0.251. The zero-order valence-electron chi connectivity index (χ0n) is 18.4. The molecule has 2 heterocycles. The highest BCUT2D eigenvalue weighted by Gasteiger charge is 2.45. The molecule has 0 amide bonds. The fourth-order valence-electron chi connectivity index (χ4n) is 3.67. The summed E-state index contributed by atoms with van der Waals surface area (Å²) in [6, 6.07) is 6.77. The summed E-state index contributed by atoms with van der Waals surface area (Å²) < 4.78 is 37.7. The molecular weight excluding hydrogens is 468 g/mol. The van der Waals surface area contributed by atoms with Crippen molar-refractivity contribution in [3.05, 3.63) is 34.7 Å². The lowest BCUT2D eigenvalue weighted by Gasteiger charge is -2.40. The van der Waals surface area contributed by atoms with Crippen LogP contribution in [-0.2, 0) is 19.5 Å². The van der Waals surface area contributed by atoms with E-state index in [1.165, 1.54) is 0 Å². The van der Waals surface area contributed by atoms with E-state index in [-0.39, 0.29) is 0 Å². The number of aliphatic hydroxyl groups excluding tert-OH is 4. The van der Waals surface area contributed by atoms with Gasteiger partial charge in [-0.1, -0.05) is 12.1 Å². The smallest absolute Gasteiger partial charge is 0.251 e. The minimum Gasteiger partial charge on any atom is -0.394 e. The number of nitriles is 1. The fourth-order valence-corrected chi connectivity index (χ4v) is 4.82. The first-order valence-electron chi connectivity index (χ1n) is 10.8. The normalized spacial score (nSPS) is 28.9. The molecule has 2 saturated heterocycles. The van der Waals surface area contributed by atoms with Crippen molar-refractivity contribution in [1.29, 1.82) is 5.26 Å². The number of hydrogen-bond acceptors (Lipinski definition) is 11. The first kappa shape index (κ1) is 26.5. The average molecular weight is 499 g/mol. The van der Waals surface area contributed by atoms with Gasteiger partial charge in [0.1, 0.15) is 30.4 Å². The molecule has 13 heteroatoms. The van der Waals surface area contributed by atoms with Crippen molar-refractivity contribution in [2.45, 2.75) is 30.6 Å².